The van der Waals surface area contributed by atoms with Crippen LogP contribution in [0.2, 0.25) is 0 Å². The van der Waals surface area contributed by atoms with Gasteiger partial charge in [0.1, 0.15) is 17.3 Å². The summed E-state index contributed by atoms with van der Waals surface area (Å²) < 4.78 is 9.84. The number of esters is 2. The Morgan fingerprint density at radius 1 is 0.300 bits per heavy atom. The number of carbonyl (C=O) groups is 7. The molecule has 0 saturated heterocycles. The van der Waals surface area contributed by atoms with Gasteiger partial charge in [-0.05, 0) is 103 Å². The molecular formula is C59H120N2O9. The second-order valence-corrected chi connectivity index (χ2v) is 23.8. The summed E-state index contributed by atoms with van der Waals surface area (Å²) >= 11 is 0. The molecule has 0 aromatic carbocycles. The van der Waals surface area contributed by atoms with Crippen LogP contribution in [0.15, 0.2) is 0 Å². The molecule has 0 radical (unpaired) electrons. The molecule has 0 saturated carbocycles. The lowest BCUT2D eigenvalue weighted by molar-refractivity contribution is -0.149. The average molecular weight is 1000 g/mol. The van der Waals surface area contributed by atoms with E-state index in [2.05, 4.69) is 83.1 Å². The van der Waals surface area contributed by atoms with E-state index in [-0.39, 0.29) is 47.8 Å². The minimum absolute atomic E-state index is 0.0197. The fraction of sp³-hybridized carbons (Fsp3) is 0.881. The summed E-state index contributed by atoms with van der Waals surface area (Å²) in [5, 5.41) is 0. The molecule has 11 nitrogen and oxygen atoms in total. The molecule has 0 heterocycles. The van der Waals surface area contributed by atoms with Crippen molar-refractivity contribution < 1.29 is 43.0 Å². The number of rotatable bonds is 22. The van der Waals surface area contributed by atoms with E-state index in [1.807, 2.05) is 125 Å². The third kappa shape index (κ3) is 71.4. The molecule has 0 bridgehead atoms. The maximum absolute atomic E-state index is 11.3. The second-order valence-electron chi connectivity index (χ2n) is 23.8. The SMILES string of the molecule is CC(C)CC(=O)C(C)C.CC(C)CC(=O)C(C)C.CC(C)CC(=O)CC(C)C.CC(C)CC(=O)N(C)C(C)C.CC(C)CC(=O)N(C)C(C)C.CC(C)CC(=O)OC(C)C.CC(C)CC(=O)OC(C)C. The molecule has 0 aliphatic rings. The summed E-state index contributed by atoms with van der Waals surface area (Å²) in [4.78, 5) is 80.9. The average Bonchev–Trinajstić information content (AvgIpc) is 3.12. The summed E-state index contributed by atoms with van der Waals surface area (Å²) in [6.45, 7) is 56.2. The Bertz CT molecular complexity index is 1160. The molecular weight excluding hydrogens is 881 g/mol. The van der Waals surface area contributed by atoms with Gasteiger partial charge in [0.25, 0.3) is 0 Å². The van der Waals surface area contributed by atoms with Gasteiger partial charge in [-0.1, -0.05) is 138 Å². The minimum Gasteiger partial charge on any atom is -0.463 e. The number of ether oxygens (including phenoxy) is 2. The van der Waals surface area contributed by atoms with Crippen molar-refractivity contribution in [2.24, 2.45) is 59.2 Å². The van der Waals surface area contributed by atoms with Crippen LogP contribution in [0.1, 0.15) is 245 Å². The van der Waals surface area contributed by atoms with Crippen molar-refractivity contribution in [2.75, 3.05) is 14.1 Å². The topological polar surface area (TPSA) is 144 Å². The molecule has 2 amide bonds. The highest BCUT2D eigenvalue weighted by Crippen LogP contribution is 2.10. The fourth-order valence-electron chi connectivity index (χ4n) is 5.12. The first-order valence-corrected chi connectivity index (χ1v) is 27.0. The predicted octanol–water partition coefficient (Wildman–Crippen LogP) is 14.9. The lowest BCUT2D eigenvalue weighted by atomic mass is 9.99. The van der Waals surface area contributed by atoms with Gasteiger partial charge in [0.05, 0.1) is 12.2 Å². The maximum Gasteiger partial charge on any atom is 0.306 e. The van der Waals surface area contributed by atoms with Crippen molar-refractivity contribution in [1.82, 2.24) is 9.80 Å². The van der Waals surface area contributed by atoms with E-state index in [4.69, 9.17) is 9.47 Å². The van der Waals surface area contributed by atoms with Crippen molar-refractivity contribution in [2.45, 2.75) is 270 Å². The third-order valence-electron chi connectivity index (χ3n) is 9.16. The number of amides is 2. The van der Waals surface area contributed by atoms with E-state index >= 15 is 0 Å². The van der Waals surface area contributed by atoms with Crippen molar-refractivity contribution in [3.63, 3.8) is 0 Å². The second kappa shape index (κ2) is 48.2. The summed E-state index contributed by atoms with van der Waals surface area (Å²) in [6, 6.07) is 0.641. The van der Waals surface area contributed by atoms with Gasteiger partial charge in [-0.15, -0.1) is 0 Å². The van der Waals surface area contributed by atoms with E-state index in [1.165, 1.54) is 0 Å². The molecule has 0 aliphatic carbocycles. The summed E-state index contributed by atoms with van der Waals surface area (Å²) in [7, 11) is 3.71. The first kappa shape index (κ1) is 81.0. The zero-order valence-corrected chi connectivity index (χ0v) is 51.8. The van der Waals surface area contributed by atoms with Gasteiger partial charge in [0.15, 0.2) is 0 Å². The number of ketones is 3. The number of carbonyl (C=O) groups excluding carboxylic acids is 7. The summed E-state index contributed by atoms with van der Waals surface area (Å²) in [5.41, 5.74) is 0. The quantitative estimate of drug-likeness (QED) is 0.0968. The molecule has 0 N–H and O–H groups in total. The van der Waals surface area contributed by atoms with Crippen molar-refractivity contribution in [3.8, 4) is 0 Å². The number of hydrogen-bond donors (Lipinski definition) is 0. The van der Waals surface area contributed by atoms with Crippen LogP contribution in [-0.4, -0.2) is 89.3 Å². The van der Waals surface area contributed by atoms with Gasteiger partial charge in [0, 0.05) is 89.4 Å². The molecule has 0 atom stereocenters. The first-order valence-electron chi connectivity index (χ1n) is 27.0. The van der Waals surface area contributed by atoms with Crippen molar-refractivity contribution >= 4 is 41.1 Å². The van der Waals surface area contributed by atoms with Gasteiger partial charge >= 0.3 is 11.9 Å². The lowest BCUT2D eigenvalue weighted by Crippen LogP contribution is -2.33. The van der Waals surface area contributed by atoms with E-state index in [1.54, 1.807) is 9.80 Å². The molecule has 0 aromatic rings. The highest BCUT2D eigenvalue weighted by atomic mass is 16.5. The first-order chi connectivity index (χ1) is 31.5. The highest BCUT2D eigenvalue weighted by Gasteiger charge is 2.14. The number of hydrogen-bond acceptors (Lipinski definition) is 9. The summed E-state index contributed by atoms with van der Waals surface area (Å²) in [5.74, 6) is 5.68. The Morgan fingerprint density at radius 3 is 0.629 bits per heavy atom. The van der Waals surface area contributed by atoms with Gasteiger partial charge in [0.2, 0.25) is 11.8 Å². The van der Waals surface area contributed by atoms with Crippen LogP contribution in [0.25, 0.3) is 0 Å². The smallest absolute Gasteiger partial charge is 0.306 e. The van der Waals surface area contributed by atoms with Gasteiger partial charge in [-0.2, -0.15) is 0 Å². The molecule has 0 spiro atoms. The van der Waals surface area contributed by atoms with Crippen molar-refractivity contribution in [1.29, 1.82) is 0 Å². The lowest BCUT2D eigenvalue weighted by Gasteiger charge is -2.22. The Balaban J connectivity index is -0.000000132. The van der Waals surface area contributed by atoms with E-state index < -0.39 is 0 Å². The van der Waals surface area contributed by atoms with Crippen LogP contribution < -0.4 is 0 Å². The molecule has 70 heavy (non-hydrogen) atoms. The number of Topliss-reactive ketones (excluding diaryl/α,β-unsaturated/α-hetero) is 3. The van der Waals surface area contributed by atoms with Crippen LogP contribution in [0.5, 0.6) is 0 Å². The monoisotopic (exact) mass is 1000 g/mol. The van der Waals surface area contributed by atoms with E-state index in [9.17, 15) is 33.6 Å². The van der Waals surface area contributed by atoms with Crippen LogP contribution in [0.4, 0.5) is 0 Å². The zero-order valence-electron chi connectivity index (χ0n) is 51.8. The largest absolute Gasteiger partial charge is 0.463 e. The molecule has 0 unspecified atom stereocenters. The third-order valence-corrected chi connectivity index (χ3v) is 9.16. The Labute approximate surface area is 435 Å². The van der Waals surface area contributed by atoms with Gasteiger partial charge in [-0.3, -0.25) is 33.6 Å². The van der Waals surface area contributed by atoms with Crippen LogP contribution >= 0.6 is 0 Å². The van der Waals surface area contributed by atoms with E-state index in [0.717, 1.165) is 25.7 Å². The van der Waals surface area contributed by atoms with Gasteiger partial charge in [-0.25, -0.2) is 0 Å². The normalized spacial score (nSPS) is 10.8. The Hall–Kier alpha value is -3.11. The Kier molecular flexibility index (Phi) is 55.7. The molecule has 0 fully saturated rings. The molecule has 0 aromatic heterocycles. The van der Waals surface area contributed by atoms with Crippen LogP contribution in [0, 0.1) is 59.2 Å². The standard InChI is InChI=1S/2C9H19NO.C9H18O.2C8H16O2.2C8H16O/c2*1-7(2)6-9(11)10(5)8(3)4;1-7(2)5-9(10)6-8(3)4;2*1-6(2)5-8(9)10-7(3)4;2*1-6(2)5-8(9)7(3)4/h2*7-8H,6H2,1-5H3;7-8H,5-6H2,1-4H3;2*6-7H,5H2,1-4H3;2*6-7H,5H2,1-4H3. The van der Waals surface area contributed by atoms with E-state index in [0.29, 0.717) is 102 Å². The maximum atomic E-state index is 11.3. The highest BCUT2D eigenvalue weighted by molar-refractivity contribution is 5.81. The molecule has 0 rings (SSSR count). The van der Waals surface area contributed by atoms with Crippen LogP contribution in [0.3, 0.4) is 0 Å². The van der Waals surface area contributed by atoms with Crippen molar-refractivity contribution in [3.05, 3.63) is 0 Å². The zero-order chi connectivity index (χ0) is 57.4. The predicted molar refractivity (Wildman–Crippen MR) is 299 cm³/mol. The summed E-state index contributed by atoms with van der Waals surface area (Å²) in [6.07, 6.45) is 5.38. The molecule has 0 aliphatic heterocycles. The number of nitrogens with zero attached hydrogens (tertiary/aromatic N) is 2. The minimum atomic E-state index is -0.0926. The molecule has 420 valence electrons. The molecule has 11 heteroatoms. The fourth-order valence-corrected chi connectivity index (χ4v) is 5.12. The van der Waals surface area contributed by atoms with Crippen LogP contribution in [-0.2, 0) is 43.0 Å². The Morgan fingerprint density at radius 2 is 0.500 bits per heavy atom. The van der Waals surface area contributed by atoms with Gasteiger partial charge < -0.3 is 19.3 Å².